The lowest BCUT2D eigenvalue weighted by Gasteiger charge is -2.25. The van der Waals surface area contributed by atoms with Crippen LogP contribution in [0, 0.1) is 11.8 Å². The Kier molecular flexibility index (Phi) is 14.3. The third-order valence-corrected chi connectivity index (χ3v) is 12.9. The Morgan fingerprint density at radius 3 is 1.17 bits per heavy atom. The van der Waals surface area contributed by atoms with Crippen LogP contribution in [0.15, 0.2) is 70.6 Å². The van der Waals surface area contributed by atoms with Crippen LogP contribution in [-0.2, 0) is 25.7 Å². The number of para-hydroxylation sites is 2. The van der Waals surface area contributed by atoms with E-state index in [1.807, 2.05) is 12.4 Å². The summed E-state index contributed by atoms with van der Waals surface area (Å²) in [6, 6.07) is 21.6. The summed E-state index contributed by atoms with van der Waals surface area (Å²) in [6.07, 6.45) is 20.6. The van der Waals surface area contributed by atoms with E-state index in [4.69, 9.17) is 19.5 Å². The summed E-state index contributed by atoms with van der Waals surface area (Å²) in [5.41, 5.74) is 9.42. The van der Waals surface area contributed by atoms with Crippen LogP contribution in [0.1, 0.15) is 160 Å². The van der Waals surface area contributed by atoms with Gasteiger partial charge in [-0.25, -0.2) is 0 Å². The molecule has 0 saturated heterocycles. The monoisotopic (exact) mass is 783 g/mol. The molecule has 0 radical (unpaired) electrons. The highest BCUT2D eigenvalue weighted by atomic mass is 16.5. The Morgan fingerprint density at radius 2 is 0.862 bits per heavy atom. The number of rotatable bonds is 12. The van der Waals surface area contributed by atoms with Crippen LogP contribution in [0.5, 0.6) is 23.0 Å². The normalized spacial score (nSPS) is 17.7. The first-order chi connectivity index (χ1) is 28.3. The minimum atomic E-state index is 0.253. The molecule has 0 spiro atoms. The van der Waals surface area contributed by atoms with Gasteiger partial charge >= 0.3 is 0 Å². The van der Waals surface area contributed by atoms with Crippen LogP contribution in [0.2, 0.25) is 0 Å². The molecule has 6 nitrogen and oxygen atoms in total. The van der Waals surface area contributed by atoms with Crippen LogP contribution in [0.4, 0.5) is 0 Å². The van der Waals surface area contributed by atoms with Gasteiger partial charge in [-0.15, -0.1) is 0 Å². The molecule has 4 aromatic carbocycles. The van der Waals surface area contributed by atoms with E-state index in [9.17, 15) is 10.2 Å². The Labute approximate surface area is 347 Å². The second kappa shape index (κ2) is 19.9. The topological polar surface area (TPSA) is 83.6 Å². The lowest BCUT2D eigenvalue weighted by Crippen LogP contribution is -2.18. The van der Waals surface area contributed by atoms with E-state index in [1.54, 1.807) is 0 Å². The summed E-state index contributed by atoms with van der Waals surface area (Å²) in [5, 5.41) is 24.3. The van der Waals surface area contributed by atoms with E-state index in [0.717, 1.165) is 80.0 Å². The molecular formula is C52H66N2O4. The second-order valence-electron chi connectivity index (χ2n) is 17.4. The van der Waals surface area contributed by atoms with Crippen molar-refractivity contribution >= 4 is 12.4 Å². The van der Waals surface area contributed by atoms with E-state index in [-0.39, 0.29) is 12.1 Å². The number of benzene rings is 4. The molecule has 0 amide bonds. The SMILES string of the molecule is CCCOc1c2cccc1Cc1cc(C=N[C@H](C)C3CCCCC3)cc(c1O)Cc1cccc(c1OCCC)Cc1cc(C=N[C@H](C)C3CCCCC3)cc(c1O)C2. The van der Waals surface area contributed by atoms with Crippen LogP contribution < -0.4 is 9.47 Å². The fourth-order valence-corrected chi connectivity index (χ4v) is 9.58. The van der Waals surface area contributed by atoms with Gasteiger partial charge in [-0.3, -0.25) is 9.98 Å². The number of nitrogens with zero attached hydrogens (tertiary/aromatic N) is 2. The number of hydrogen-bond donors (Lipinski definition) is 2. The first-order valence-corrected chi connectivity index (χ1v) is 22.5. The highest BCUT2D eigenvalue weighted by Crippen LogP contribution is 2.39. The zero-order chi connectivity index (χ0) is 40.4. The highest BCUT2D eigenvalue weighted by molar-refractivity contribution is 5.82. The maximum atomic E-state index is 12.1. The predicted octanol–water partition coefficient (Wildman–Crippen LogP) is 12.1. The van der Waals surface area contributed by atoms with Gasteiger partial charge in [0.15, 0.2) is 0 Å². The molecule has 2 saturated carbocycles. The van der Waals surface area contributed by atoms with E-state index < -0.39 is 0 Å². The van der Waals surface area contributed by atoms with Crippen molar-refractivity contribution in [3.8, 4) is 23.0 Å². The number of ether oxygens (including phenoxy) is 2. The van der Waals surface area contributed by atoms with Gasteiger partial charge in [0, 0.05) is 50.2 Å². The number of hydrogen-bond acceptors (Lipinski definition) is 6. The third-order valence-electron chi connectivity index (χ3n) is 12.9. The van der Waals surface area contributed by atoms with Gasteiger partial charge in [0.05, 0.1) is 13.2 Å². The van der Waals surface area contributed by atoms with Crippen LogP contribution in [-0.4, -0.2) is 47.9 Å². The molecule has 8 bridgehead atoms. The molecule has 58 heavy (non-hydrogen) atoms. The van der Waals surface area contributed by atoms with Crippen LogP contribution >= 0.6 is 0 Å². The van der Waals surface area contributed by atoms with Crippen LogP contribution in [0.3, 0.4) is 0 Å². The summed E-state index contributed by atoms with van der Waals surface area (Å²) in [4.78, 5) is 10.2. The fourth-order valence-electron chi connectivity index (χ4n) is 9.58. The summed E-state index contributed by atoms with van der Waals surface area (Å²) < 4.78 is 13.2. The van der Waals surface area contributed by atoms with Gasteiger partial charge in [-0.1, -0.05) is 88.8 Å². The molecule has 7 rings (SSSR count). The van der Waals surface area contributed by atoms with E-state index in [2.05, 4.69) is 88.4 Å². The van der Waals surface area contributed by atoms with Gasteiger partial charge in [0.1, 0.15) is 23.0 Å². The fraction of sp³-hybridized carbons (Fsp3) is 0.500. The zero-order valence-corrected chi connectivity index (χ0v) is 35.6. The molecule has 2 fully saturated rings. The number of aliphatic imine (C=N–C) groups is 2. The molecule has 3 aliphatic carbocycles. The average Bonchev–Trinajstić information content (AvgIpc) is 3.24. The molecule has 4 aromatic rings. The van der Waals surface area contributed by atoms with Gasteiger partial charge in [-0.05, 0) is 144 Å². The lowest BCUT2D eigenvalue weighted by atomic mass is 9.85. The quantitative estimate of drug-likeness (QED) is 0.123. The van der Waals surface area contributed by atoms with Gasteiger partial charge in [0.2, 0.25) is 0 Å². The van der Waals surface area contributed by atoms with Crippen molar-refractivity contribution in [1.29, 1.82) is 0 Å². The number of phenols is 2. The molecule has 6 heteroatoms. The van der Waals surface area contributed by atoms with Crippen LogP contribution in [0.25, 0.3) is 0 Å². The van der Waals surface area contributed by atoms with E-state index in [1.165, 1.54) is 64.2 Å². The minimum absolute atomic E-state index is 0.253. The molecular weight excluding hydrogens is 717 g/mol. The Bertz CT molecular complexity index is 1820. The Morgan fingerprint density at radius 1 is 0.534 bits per heavy atom. The molecule has 2 atom stereocenters. The van der Waals surface area contributed by atoms with E-state index in [0.29, 0.717) is 62.2 Å². The van der Waals surface area contributed by atoms with Crippen molar-refractivity contribution < 1.29 is 19.7 Å². The largest absolute Gasteiger partial charge is 0.507 e. The summed E-state index contributed by atoms with van der Waals surface area (Å²) in [5.74, 6) is 3.50. The summed E-state index contributed by atoms with van der Waals surface area (Å²) in [7, 11) is 0. The lowest BCUT2D eigenvalue weighted by molar-refractivity contribution is 0.311. The van der Waals surface area contributed by atoms with Crippen molar-refractivity contribution in [2.75, 3.05) is 13.2 Å². The molecule has 0 aliphatic heterocycles. The highest BCUT2D eigenvalue weighted by Gasteiger charge is 2.23. The first-order valence-electron chi connectivity index (χ1n) is 22.5. The second-order valence-corrected chi connectivity index (χ2v) is 17.4. The summed E-state index contributed by atoms with van der Waals surface area (Å²) in [6.45, 7) is 9.91. The molecule has 308 valence electrons. The zero-order valence-electron chi connectivity index (χ0n) is 35.6. The maximum Gasteiger partial charge on any atom is 0.126 e. The van der Waals surface area contributed by atoms with Crippen molar-refractivity contribution in [2.24, 2.45) is 21.8 Å². The molecule has 0 unspecified atom stereocenters. The van der Waals surface area contributed by atoms with Crippen molar-refractivity contribution in [3.63, 3.8) is 0 Å². The standard InChI is InChI=1S/C52H66N2O4/c1-5-23-57-51-41-19-13-20-42(51)30-46-26-38(34-54-36(4)40-17-11-8-12-18-40)28-48(50(46)56)32-44-22-14-21-43(52(44)58-24-6-2)31-47-27-37(25-45(29-41)49(47)55)33-53-35(3)39-15-9-7-10-16-39/h13-14,19-22,25-28,33-36,39-40,55-56H,5-12,15-18,23-24,29-32H2,1-4H3/t35-,36-/m1/s1. The van der Waals surface area contributed by atoms with Gasteiger partial charge in [-0.2, -0.15) is 0 Å². The average molecular weight is 783 g/mol. The number of phenolic OH excluding ortho intramolecular Hbond substituents is 2. The number of fused-ring (bicyclic) bond motifs is 8. The van der Waals surface area contributed by atoms with Crippen molar-refractivity contribution in [3.05, 3.63) is 116 Å². The van der Waals surface area contributed by atoms with E-state index >= 15 is 0 Å². The summed E-state index contributed by atoms with van der Waals surface area (Å²) >= 11 is 0. The first kappa shape index (κ1) is 41.6. The Hall–Kier alpha value is -4.58. The molecule has 0 aromatic heterocycles. The third kappa shape index (κ3) is 10.2. The smallest absolute Gasteiger partial charge is 0.126 e. The maximum absolute atomic E-state index is 12.1. The van der Waals surface area contributed by atoms with Gasteiger partial charge in [0.25, 0.3) is 0 Å². The molecule has 2 N–H and O–H groups in total. The Balaban J connectivity index is 1.35. The van der Waals surface area contributed by atoms with Crippen molar-refractivity contribution in [1.82, 2.24) is 0 Å². The molecule has 0 heterocycles. The predicted molar refractivity (Wildman–Crippen MR) is 239 cm³/mol. The minimum Gasteiger partial charge on any atom is -0.507 e. The van der Waals surface area contributed by atoms with Crippen molar-refractivity contribution in [2.45, 2.75) is 143 Å². The molecule has 3 aliphatic rings. The van der Waals surface area contributed by atoms with Gasteiger partial charge < -0.3 is 19.7 Å². The number of aromatic hydroxyl groups is 2.